The lowest BCUT2D eigenvalue weighted by molar-refractivity contribution is 0.599. The molecule has 1 atom stereocenters. The molecule has 0 spiro atoms. The van der Waals surface area contributed by atoms with Gasteiger partial charge < -0.3 is 10.6 Å². The van der Waals surface area contributed by atoms with Gasteiger partial charge in [0.2, 0.25) is 0 Å². The highest BCUT2D eigenvalue weighted by atomic mass is 127. The number of sulfone groups is 1. The molecule has 0 aliphatic carbocycles. The maximum atomic E-state index is 11.5. The number of hydrogen-bond donors (Lipinski definition) is 2. The topological polar surface area (TPSA) is 83.4 Å². The van der Waals surface area contributed by atoms with Crippen molar-refractivity contribution < 1.29 is 8.42 Å². The van der Waals surface area contributed by atoms with Crippen LogP contribution in [0, 0.1) is 6.92 Å². The molecule has 1 saturated heterocycles. The van der Waals surface area contributed by atoms with E-state index in [4.69, 9.17) is 0 Å². The highest BCUT2D eigenvalue weighted by molar-refractivity contribution is 14.0. The van der Waals surface area contributed by atoms with Crippen molar-refractivity contribution in [2.24, 2.45) is 4.99 Å². The van der Waals surface area contributed by atoms with Crippen LogP contribution >= 0.6 is 35.3 Å². The minimum absolute atomic E-state index is 0. The molecule has 1 fully saturated rings. The highest BCUT2D eigenvalue weighted by Gasteiger charge is 2.28. The number of halogens is 1. The quantitative estimate of drug-likeness (QED) is 0.365. The van der Waals surface area contributed by atoms with Gasteiger partial charge in [0.1, 0.15) is 0 Å². The fraction of sp³-hybridized carbons (Fsp3) is 0.733. The lowest BCUT2D eigenvalue weighted by Gasteiger charge is -2.15. The molecule has 24 heavy (non-hydrogen) atoms. The molecule has 1 aliphatic rings. The van der Waals surface area contributed by atoms with E-state index in [-0.39, 0.29) is 41.5 Å². The normalized spacial score (nSPS) is 19.8. The summed E-state index contributed by atoms with van der Waals surface area (Å²) in [7, 11) is -2.88. The van der Waals surface area contributed by atoms with E-state index < -0.39 is 9.84 Å². The first-order valence-corrected chi connectivity index (χ1v) is 10.8. The van der Waals surface area contributed by atoms with Crippen LogP contribution < -0.4 is 10.6 Å². The standard InChI is InChI=1S/C15H26N4O2S2.HI/c1-4-13-11(3)22-14(19-13)6-8-17-15(16-5-2)18-12-7-9-23(20,21)10-12;/h12H,4-10H2,1-3H3,(H2,16,17,18);1H. The molecule has 138 valence electrons. The molecule has 0 saturated carbocycles. The molecular weight excluding hydrogens is 459 g/mol. The Morgan fingerprint density at radius 1 is 1.42 bits per heavy atom. The van der Waals surface area contributed by atoms with Crippen molar-refractivity contribution in [1.82, 2.24) is 15.6 Å². The second-order valence-electron chi connectivity index (χ2n) is 5.72. The lowest BCUT2D eigenvalue weighted by Crippen LogP contribution is -2.44. The van der Waals surface area contributed by atoms with Crippen molar-refractivity contribution in [3.8, 4) is 0 Å². The first-order chi connectivity index (χ1) is 10.9. The van der Waals surface area contributed by atoms with Crippen LogP contribution in [0.3, 0.4) is 0 Å². The Balaban J connectivity index is 0.00000288. The fourth-order valence-corrected chi connectivity index (χ4v) is 5.29. The summed E-state index contributed by atoms with van der Waals surface area (Å²) >= 11 is 1.74. The van der Waals surface area contributed by atoms with Crippen LogP contribution in [0.2, 0.25) is 0 Å². The Labute approximate surface area is 165 Å². The maximum absolute atomic E-state index is 11.5. The van der Waals surface area contributed by atoms with Gasteiger partial charge in [-0.1, -0.05) is 6.92 Å². The molecule has 1 aliphatic heterocycles. The number of aryl methyl sites for hydroxylation is 2. The second-order valence-corrected chi connectivity index (χ2v) is 9.24. The van der Waals surface area contributed by atoms with Gasteiger partial charge in [0.15, 0.2) is 15.8 Å². The molecule has 0 radical (unpaired) electrons. The summed E-state index contributed by atoms with van der Waals surface area (Å²) in [6.07, 6.45) is 2.43. The summed E-state index contributed by atoms with van der Waals surface area (Å²) in [6.45, 7) is 7.62. The van der Waals surface area contributed by atoms with Crippen molar-refractivity contribution in [1.29, 1.82) is 0 Å². The Morgan fingerprint density at radius 3 is 2.71 bits per heavy atom. The van der Waals surface area contributed by atoms with Crippen molar-refractivity contribution in [2.75, 3.05) is 24.6 Å². The molecule has 0 bridgehead atoms. The number of nitrogens with one attached hydrogen (secondary N) is 2. The Bertz CT molecular complexity index is 658. The molecule has 0 aromatic carbocycles. The van der Waals surface area contributed by atoms with E-state index in [0.29, 0.717) is 18.9 Å². The molecule has 2 rings (SSSR count). The van der Waals surface area contributed by atoms with Crippen molar-refractivity contribution >= 4 is 51.1 Å². The van der Waals surface area contributed by atoms with E-state index in [9.17, 15) is 8.42 Å². The van der Waals surface area contributed by atoms with Crippen molar-refractivity contribution in [3.63, 3.8) is 0 Å². The summed E-state index contributed by atoms with van der Waals surface area (Å²) in [5.41, 5.74) is 1.18. The van der Waals surface area contributed by atoms with Gasteiger partial charge in [-0.15, -0.1) is 35.3 Å². The predicted octanol–water partition coefficient (Wildman–Crippen LogP) is 1.92. The summed E-state index contributed by atoms with van der Waals surface area (Å²) < 4.78 is 23.1. The van der Waals surface area contributed by atoms with Crippen LogP contribution in [-0.4, -0.2) is 50.0 Å². The highest BCUT2D eigenvalue weighted by Crippen LogP contribution is 2.18. The SMILES string of the molecule is CCNC(=NCCc1nc(CC)c(C)s1)NC1CCS(=O)(=O)C1.I. The van der Waals surface area contributed by atoms with E-state index in [1.807, 2.05) is 6.92 Å². The average Bonchev–Trinajstić information content (AvgIpc) is 3.01. The zero-order valence-corrected chi connectivity index (χ0v) is 18.4. The van der Waals surface area contributed by atoms with Gasteiger partial charge in [0, 0.05) is 30.4 Å². The number of aromatic nitrogens is 1. The number of hydrogen-bond acceptors (Lipinski definition) is 5. The summed E-state index contributed by atoms with van der Waals surface area (Å²) in [6, 6.07) is -0.0356. The van der Waals surface area contributed by atoms with Gasteiger partial charge in [-0.05, 0) is 26.7 Å². The zero-order chi connectivity index (χ0) is 16.9. The van der Waals surface area contributed by atoms with Gasteiger partial charge in [0.25, 0.3) is 0 Å². The van der Waals surface area contributed by atoms with E-state index in [2.05, 4.69) is 34.5 Å². The molecule has 1 aromatic heterocycles. The molecule has 1 unspecified atom stereocenters. The lowest BCUT2D eigenvalue weighted by atomic mass is 10.3. The first kappa shape index (κ1) is 21.6. The van der Waals surface area contributed by atoms with E-state index in [0.717, 1.165) is 24.4 Å². The third kappa shape index (κ3) is 6.47. The van der Waals surface area contributed by atoms with Crippen molar-refractivity contribution in [3.05, 3.63) is 15.6 Å². The number of thiazole rings is 1. The van der Waals surface area contributed by atoms with Gasteiger partial charge in [-0.2, -0.15) is 0 Å². The van der Waals surface area contributed by atoms with E-state index in [1.165, 1.54) is 10.6 Å². The van der Waals surface area contributed by atoms with Crippen LogP contribution in [0.1, 0.15) is 35.8 Å². The molecule has 2 N–H and O–H groups in total. The Kier molecular flexibility index (Phi) is 8.93. The number of nitrogens with zero attached hydrogens (tertiary/aromatic N) is 2. The fourth-order valence-electron chi connectivity index (χ4n) is 2.61. The molecule has 6 nitrogen and oxygen atoms in total. The second kappa shape index (κ2) is 9.91. The monoisotopic (exact) mass is 486 g/mol. The third-order valence-corrected chi connectivity index (χ3v) is 6.63. The van der Waals surface area contributed by atoms with Gasteiger partial charge in [0.05, 0.1) is 22.2 Å². The Morgan fingerprint density at radius 2 is 2.17 bits per heavy atom. The van der Waals surface area contributed by atoms with Gasteiger partial charge in [-0.3, -0.25) is 4.99 Å². The maximum Gasteiger partial charge on any atom is 0.191 e. The molecule has 1 aromatic rings. The molecule has 9 heteroatoms. The van der Waals surface area contributed by atoms with E-state index in [1.54, 1.807) is 11.3 Å². The van der Waals surface area contributed by atoms with Crippen LogP contribution in [-0.2, 0) is 22.7 Å². The first-order valence-electron chi connectivity index (χ1n) is 8.14. The average molecular weight is 486 g/mol. The summed E-state index contributed by atoms with van der Waals surface area (Å²) in [4.78, 5) is 10.5. The zero-order valence-electron chi connectivity index (χ0n) is 14.5. The number of guanidine groups is 1. The van der Waals surface area contributed by atoms with E-state index >= 15 is 0 Å². The van der Waals surface area contributed by atoms with Crippen LogP contribution in [0.5, 0.6) is 0 Å². The summed E-state index contributed by atoms with van der Waals surface area (Å²) in [5.74, 6) is 1.16. The molecular formula is C15H27IN4O2S2. The van der Waals surface area contributed by atoms with Crippen LogP contribution in [0.15, 0.2) is 4.99 Å². The minimum atomic E-state index is -2.88. The molecule has 2 heterocycles. The molecule has 0 amide bonds. The predicted molar refractivity (Wildman–Crippen MR) is 112 cm³/mol. The largest absolute Gasteiger partial charge is 0.357 e. The van der Waals surface area contributed by atoms with Gasteiger partial charge in [-0.25, -0.2) is 13.4 Å². The van der Waals surface area contributed by atoms with Crippen LogP contribution in [0.4, 0.5) is 0 Å². The minimum Gasteiger partial charge on any atom is -0.357 e. The summed E-state index contributed by atoms with van der Waals surface area (Å²) in [5, 5.41) is 7.52. The van der Waals surface area contributed by atoms with Gasteiger partial charge >= 0.3 is 0 Å². The van der Waals surface area contributed by atoms with Crippen LogP contribution in [0.25, 0.3) is 0 Å². The number of rotatable bonds is 6. The Hall–Kier alpha value is -0.420. The third-order valence-electron chi connectivity index (χ3n) is 3.78. The smallest absolute Gasteiger partial charge is 0.191 e. The number of aliphatic imine (C=N–C) groups is 1. The van der Waals surface area contributed by atoms with Crippen molar-refractivity contribution in [2.45, 2.75) is 46.1 Å².